The van der Waals surface area contributed by atoms with Gasteiger partial charge in [0.1, 0.15) is 5.76 Å². The molecule has 0 bridgehead atoms. The van der Waals surface area contributed by atoms with Crippen LogP contribution in [0, 0.1) is 12.8 Å². The van der Waals surface area contributed by atoms with Gasteiger partial charge in [-0.25, -0.2) is 4.98 Å². The van der Waals surface area contributed by atoms with Crippen molar-refractivity contribution in [3.8, 4) is 0 Å². The summed E-state index contributed by atoms with van der Waals surface area (Å²) in [6.07, 6.45) is 7.31. The van der Waals surface area contributed by atoms with E-state index in [0.29, 0.717) is 24.2 Å². The molecule has 3 aromatic heterocycles. The SMILES string of the molecule is Cc1noc(C2CCCN(C(=O)c3c4c(nc5ccccc35)C(=Cc3ccco3)CC(C)C4)C2)n1. The number of para-hydroxylation sites is 1. The highest BCUT2D eigenvalue weighted by atomic mass is 16.5. The molecule has 178 valence electrons. The molecule has 0 N–H and O–H groups in total. The Bertz CT molecular complexity index is 1420. The van der Waals surface area contributed by atoms with Crippen LogP contribution in [0.1, 0.15) is 71.2 Å². The van der Waals surface area contributed by atoms with Gasteiger partial charge < -0.3 is 13.8 Å². The number of pyridine rings is 1. The van der Waals surface area contributed by atoms with Crippen LogP contribution in [0.3, 0.4) is 0 Å². The fraction of sp³-hybridized carbons (Fsp3) is 0.357. The van der Waals surface area contributed by atoms with Gasteiger partial charge in [-0.2, -0.15) is 4.98 Å². The van der Waals surface area contributed by atoms with Crippen molar-refractivity contribution in [3.05, 3.63) is 77.0 Å². The van der Waals surface area contributed by atoms with Gasteiger partial charge in [-0.05, 0) is 73.9 Å². The molecule has 1 aliphatic heterocycles. The summed E-state index contributed by atoms with van der Waals surface area (Å²) in [5.41, 5.74) is 4.70. The van der Waals surface area contributed by atoms with Crippen LogP contribution < -0.4 is 0 Å². The predicted molar refractivity (Wildman–Crippen MR) is 133 cm³/mol. The molecular formula is C28H28N4O3. The molecule has 4 heterocycles. The Morgan fingerprint density at radius 1 is 1.14 bits per heavy atom. The van der Waals surface area contributed by atoms with Gasteiger partial charge in [-0.3, -0.25) is 4.79 Å². The smallest absolute Gasteiger partial charge is 0.254 e. The number of furan rings is 1. The van der Waals surface area contributed by atoms with Crippen molar-refractivity contribution in [2.24, 2.45) is 5.92 Å². The van der Waals surface area contributed by atoms with Crippen molar-refractivity contribution in [2.45, 2.75) is 45.4 Å². The van der Waals surface area contributed by atoms with E-state index in [1.165, 1.54) is 0 Å². The van der Waals surface area contributed by atoms with Crippen molar-refractivity contribution in [1.82, 2.24) is 20.0 Å². The summed E-state index contributed by atoms with van der Waals surface area (Å²) < 4.78 is 11.1. The van der Waals surface area contributed by atoms with Crippen LogP contribution in [0.25, 0.3) is 22.6 Å². The highest BCUT2D eigenvalue weighted by Gasteiger charge is 2.33. The maximum atomic E-state index is 14.2. The first kappa shape index (κ1) is 21.8. The monoisotopic (exact) mass is 468 g/mol. The summed E-state index contributed by atoms with van der Waals surface area (Å²) in [6.45, 7) is 5.36. The Labute approximate surface area is 203 Å². The normalized spacial score (nSPS) is 21.4. The first-order valence-corrected chi connectivity index (χ1v) is 12.3. The van der Waals surface area contributed by atoms with Crippen LogP contribution in [-0.2, 0) is 6.42 Å². The number of hydrogen-bond acceptors (Lipinski definition) is 6. The number of rotatable bonds is 3. The number of benzene rings is 1. The molecule has 2 atom stereocenters. The number of allylic oxidation sites excluding steroid dienone is 1. The summed E-state index contributed by atoms with van der Waals surface area (Å²) in [5.74, 6) is 2.57. The molecular weight excluding hydrogens is 440 g/mol. The molecule has 35 heavy (non-hydrogen) atoms. The summed E-state index contributed by atoms with van der Waals surface area (Å²) in [7, 11) is 0. The lowest BCUT2D eigenvalue weighted by Gasteiger charge is -2.33. The average molecular weight is 469 g/mol. The van der Waals surface area contributed by atoms with Gasteiger partial charge in [0.25, 0.3) is 5.91 Å². The minimum absolute atomic E-state index is 0.0613. The second-order valence-corrected chi connectivity index (χ2v) is 9.80. The van der Waals surface area contributed by atoms with Crippen molar-refractivity contribution in [2.75, 3.05) is 13.1 Å². The Morgan fingerprint density at radius 2 is 2.03 bits per heavy atom. The molecule has 1 saturated heterocycles. The van der Waals surface area contributed by atoms with Gasteiger partial charge >= 0.3 is 0 Å². The fourth-order valence-corrected chi connectivity index (χ4v) is 5.53. The zero-order valence-electron chi connectivity index (χ0n) is 20.0. The molecule has 1 aliphatic carbocycles. The lowest BCUT2D eigenvalue weighted by atomic mass is 9.80. The van der Waals surface area contributed by atoms with Gasteiger partial charge in [0.2, 0.25) is 5.89 Å². The number of carbonyl (C=O) groups is 1. The fourth-order valence-electron chi connectivity index (χ4n) is 5.53. The Hall–Kier alpha value is -3.74. The summed E-state index contributed by atoms with van der Waals surface area (Å²) >= 11 is 0. The van der Waals surface area contributed by atoms with E-state index in [1.807, 2.05) is 48.2 Å². The number of aromatic nitrogens is 3. The molecule has 1 aromatic carbocycles. The molecule has 2 aliphatic rings. The number of carbonyl (C=O) groups excluding carboxylic acids is 1. The maximum absolute atomic E-state index is 14.2. The molecule has 7 heteroatoms. The van der Waals surface area contributed by atoms with Crippen LogP contribution >= 0.6 is 0 Å². The van der Waals surface area contributed by atoms with Gasteiger partial charge in [-0.15, -0.1) is 0 Å². The van der Waals surface area contributed by atoms with E-state index in [1.54, 1.807) is 6.26 Å². The summed E-state index contributed by atoms with van der Waals surface area (Å²) in [6, 6.07) is 11.8. The van der Waals surface area contributed by atoms with Crippen molar-refractivity contribution >= 4 is 28.5 Å². The second kappa shape index (κ2) is 8.80. The zero-order chi connectivity index (χ0) is 23.9. The van der Waals surface area contributed by atoms with E-state index in [4.69, 9.17) is 13.9 Å². The number of aryl methyl sites for hydroxylation is 1. The molecule has 7 nitrogen and oxygen atoms in total. The van der Waals surface area contributed by atoms with Gasteiger partial charge in [0.05, 0.1) is 29.0 Å². The second-order valence-electron chi connectivity index (χ2n) is 9.80. The van der Waals surface area contributed by atoms with E-state index < -0.39 is 0 Å². The number of nitrogens with zero attached hydrogens (tertiary/aromatic N) is 4. The van der Waals surface area contributed by atoms with Crippen molar-refractivity contribution < 1.29 is 13.7 Å². The first-order chi connectivity index (χ1) is 17.1. The number of fused-ring (bicyclic) bond motifs is 2. The largest absolute Gasteiger partial charge is 0.465 e. The predicted octanol–water partition coefficient (Wildman–Crippen LogP) is 5.66. The molecule has 0 saturated carbocycles. The number of piperidine rings is 1. The Balaban J connectivity index is 1.45. The number of hydrogen-bond donors (Lipinski definition) is 0. The average Bonchev–Trinajstić information content (AvgIpc) is 3.54. The lowest BCUT2D eigenvalue weighted by molar-refractivity contribution is 0.0696. The van der Waals surface area contributed by atoms with Crippen molar-refractivity contribution in [1.29, 1.82) is 0 Å². The standard InChI is InChI=1S/C28H28N4O3/c1-17-13-20(15-21-8-6-12-34-21)26-23(14-17)25(22-9-3-4-10-24(22)30-26)28(33)32-11-5-7-19(16-32)27-29-18(2)31-35-27/h3-4,6,8-10,12,15,17,19H,5,7,11,13-14,16H2,1-2H3. The third kappa shape index (κ3) is 4.05. The topological polar surface area (TPSA) is 85.3 Å². The van der Waals surface area contributed by atoms with Crippen LogP contribution in [0.4, 0.5) is 0 Å². The van der Waals surface area contributed by atoms with Crippen LogP contribution in [-0.4, -0.2) is 39.0 Å². The molecule has 1 fully saturated rings. The molecule has 2 unspecified atom stereocenters. The van der Waals surface area contributed by atoms with Crippen LogP contribution in [0.5, 0.6) is 0 Å². The highest BCUT2D eigenvalue weighted by Crippen LogP contribution is 2.39. The Morgan fingerprint density at radius 3 is 2.83 bits per heavy atom. The first-order valence-electron chi connectivity index (χ1n) is 12.3. The lowest BCUT2D eigenvalue weighted by Crippen LogP contribution is -2.40. The summed E-state index contributed by atoms with van der Waals surface area (Å²) in [4.78, 5) is 25.6. The molecule has 4 aromatic rings. The van der Waals surface area contributed by atoms with E-state index in [0.717, 1.165) is 71.3 Å². The number of likely N-dealkylation sites (tertiary alicyclic amines) is 1. The maximum Gasteiger partial charge on any atom is 0.254 e. The van der Waals surface area contributed by atoms with Gasteiger partial charge in [-0.1, -0.05) is 30.3 Å². The third-order valence-corrected chi connectivity index (χ3v) is 7.09. The quantitative estimate of drug-likeness (QED) is 0.386. The highest BCUT2D eigenvalue weighted by molar-refractivity contribution is 6.09. The zero-order valence-corrected chi connectivity index (χ0v) is 20.0. The Kier molecular flexibility index (Phi) is 5.47. The van der Waals surface area contributed by atoms with Gasteiger partial charge in [0.15, 0.2) is 5.82 Å². The minimum Gasteiger partial charge on any atom is -0.465 e. The van der Waals surface area contributed by atoms with Gasteiger partial charge in [0, 0.05) is 18.5 Å². The minimum atomic E-state index is 0.0613. The molecule has 0 spiro atoms. The summed E-state index contributed by atoms with van der Waals surface area (Å²) in [5, 5.41) is 4.87. The van der Waals surface area contributed by atoms with E-state index in [9.17, 15) is 4.79 Å². The van der Waals surface area contributed by atoms with Crippen molar-refractivity contribution in [3.63, 3.8) is 0 Å². The third-order valence-electron chi connectivity index (χ3n) is 7.09. The molecule has 6 rings (SSSR count). The van der Waals surface area contributed by atoms with Crippen LogP contribution in [0.2, 0.25) is 0 Å². The van der Waals surface area contributed by atoms with E-state index in [-0.39, 0.29) is 11.8 Å². The van der Waals surface area contributed by atoms with E-state index in [2.05, 4.69) is 23.1 Å². The van der Waals surface area contributed by atoms with E-state index >= 15 is 0 Å². The van der Waals surface area contributed by atoms with Crippen LogP contribution in [0.15, 0.2) is 51.6 Å². The molecule has 0 radical (unpaired) electrons. The number of amides is 1. The molecule has 1 amide bonds.